The first-order chi connectivity index (χ1) is 9.40. The minimum absolute atomic E-state index is 0.0190. The Morgan fingerprint density at radius 1 is 1.50 bits per heavy atom. The lowest BCUT2D eigenvalue weighted by molar-refractivity contribution is 0.403. The number of hydrogen-bond acceptors (Lipinski definition) is 4. The molecule has 1 aromatic carbocycles. The molecule has 1 fully saturated rings. The third kappa shape index (κ3) is 2.86. The highest BCUT2D eigenvalue weighted by molar-refractivity contribution is 9.10. The molecule has 1 aliphatic heterocycles. The summed E-state index contributed by atoms with van der Waals surface area (Å²) in [6.45, 7) is 2.93. The Morgan fingerprint density at radius 3 is 2.70 bits per heavy atom. The SMILES string of the molecule is COc1ccc(S(=O)(=O)N2CC(CN)CC2C)cc1Br. The summed E-state index contributed by atoms with van der Waals surface area (Å²) in [7, 11) is -1.94. The van der Waals surface area contributed by atoms with Gasteiger partial charge in [0, 0.05) is 12.6 Å². The van der Waals surface area contributed by atoms with Crippen LogP contribution in [0.2, 0.25) is 0 Å². The largest absolute Gasteiger partial charge is 0.496 e. The topological polar surface area (TPSA) is 72.6 Å². The number of sulfonamides is 1. The molecule has 0 spiro atoms. The lowest BCUT2D eigenvalue weighted by Gasteiger charge is -2.21. The van der Waals surface area contributed by atoms with E-state index in [0.29, 0.717) is 23.3 Å². The summed E-state index contributed by atoms with van der Waals surface area (Å²) < 4.78 is 32.7. The van der Waals surface area contributed by atoms with Crippen LogP contribution in [0.3, 0.4) is 0 Å². The summed E-state index contributed by atoms with van der Waals surface area (Å²) in [5.74, 6) is 0.847. The Balaban J connectivity index is 2.33. The second-order valence-corrected chi connectivity index (χ2v) is 7.80. The van der Waals surface area contributed by atoms with E-state index in [0.717, 1.165) is 6.42 Å². The maximum absolute atomic E-state index is 12.7. The first kappa shape index (κ1) is 15.8. The van der Waals surface area contributed by atoms with E-state index in [1.807, 2.05) is 6.92 Å². The van der Waals surface area contributed by atoms with Crippen molar-refractivity contribution in [3.8, 4) is 5.75 Å². The van der Waals surface area contributed by atoms with Crippen molar-refractivity contribution < 1.29 is 13.2 Å². The zero-order chi connectivity index (χ0) is 14.9. The lowest BCUT2D eigenvalue weighted by atomic mass is 10.1. The maximum Gasteiger partial charge on any atom is 0.243 e. The third-order valence-corrected chi connectivity index (χ3v) is 6.26. The van der Waals surface area contributed by atoms with Crippen LogP contribution in [0, 0.1) is 5.92 Å². The van der Waals surface area contributed by atoms with Crippen molar-refractivity contribution in [2.75, 3.05) is 20.2 Å². The van der Waals surface area contributed by atoms with Crippen LogP contribution in [-0.2, 0) is 10.0 Å². The smallest absolute Gasteiger partial charge is 0.243 e. The Labute approximate surface area is 128 Å². The number of methoxy groups -OCH3 is 1. The molecule has 1 aliphatic rings. The fraction of sp³-hybridized carbons (Fsp3) is 0.538. The van der Waals surface area contributed by atoms with Gasteiger partial charge in [0.2, 0.25) is 10.0 Å². The van der Waals surface area contributed by atoms with E-state index in [2.05, 4.69) is 15.9 Å². The Bertz CT molecular complexity index is 591. The van der Waals surface area contributed by atoms with Gasteiger partial charge in [-0.15, -0.1) is 0 Å². The Hall–Kier alpha value is -0.630. The normalized spacial score (nSPS) is 24.0. The molecular formula is C13H19BrN2O3S. The van der Waals surface area contributed by atoms with Gasteiger partial charge in [0.15, 0.2) is 0 Å². The molecule has 20 heavy (non-hydrogen) atoms. The van der Waals surface area contributed by atoms with E-state index in [1.165, 1.54) is 0 Å². The number of ether oxygens (including phenoxy) is 1. The number of halogens is 1. The van der Waals surface area contributed by atoms with E-state index in [9.17, 15) is 8.42 Å². The third-order valence-electron chi connectivity index (χ3n) is 3.67. The molecule has 2 rings (SSSR count). The summed E-state index contributed by atoms with van der Waals surface area (Å²) >= 11 is 3.32. The molecule has 2 N–H and O–H groups in total. The van der Waals surface area contributed by atoms with Gasteiger partial charge in [0.05, 0.1) is 16.5 Å². The van der Waals surface area contributed by atoms with Gasteiger partial charge >= 0.3 is 0 Å². The van der Waals surface area contributed by atoms with Gasteiger partial charge in [-0.05, 0) is 59.9 Å². The van der Waals surface area contributed by atoms with E-state index < -0.39 is 10.0 Å². The number of nitrogens with two attached hydrogens (primary N) is 1. The van der Waals surface area contributed by atoms with Crippen molar-refractivity contribution in [3.05, 3.63) is 22.7 Å². The van der Waals surface area contributed by atoms with Crippen LogP contribution < -0.4 is 10.5 Å². The van der Waals surface area contributed by atoms with Crippen molar-refractivity contribution in [2.24, 2.45) is 11.7 Å². The van der Waals surface area contributed by atoms with Gasteiger partial charge in [0.1, 0.15) is 5.75 Å². The van der Waals surface area contributed by atoms with E-state index in [4.69, 9.17) is 10.5 Å². The highest BCUT2D eigenvalue weighted by atomic mass is 79.9. The molecule has 1 saturated heterocycles. The molecule has 112 valence electrons. The van der Waals surface area contributed by atoms with Crippen LogP contribution in [0.4, 0.5) is 0 Å². The average Bonchev–Trinajstić information content (AvgIpc) is 2.80. The second kappa shape index (κ2) is 6.01. The van der Waals surface area contributed by atoms with Crippen molar-refractivity contribution in [1.29, 1.82) is 0 Å². The average molecular weight is 363 g/mol. The van der Waals surface area contributed by atoms with Crippen molar-refractivity contribution in [2.45, 2.75) is 24.3 Å². The van der Waals surface area contributed by atoms with Crippen molar-refractivity contribution >= 4 is 26.0 Å². The minimum atomic E-state index is -3.49. The predicted molar refractivity (Wildman–Crippen MR) is 81.2 cm³/mol. The van der Waals surface area contributed by atoms with E-state index >= 15 is 0 Å². The van der Waals surface area contributed by atoms with Crippen molar-refractivity contribution in [3.63, 3.8) is 0 Å². The van der Waals surface area contributed by atoms with E-state index in [1.54, 1.807) is 29.6 Å². The van der Waals surface area contributed by atoms with Gasteiger partial charge in [0.25, 0.3) is 0 Å². The van der Waals surface area contributed by atoms with Gasteiger partial charge < -0.3 is 10.5 Å². The molecule has 0 bridgehead atoms. The van der Waals surface area contributed by atoms with Crippen molar-refractivity contribution in [1.82, 2.24) is 4.31 Å². The number of nitrogens with zero attached hydrogens (tertiary/aromatic N) is 1. The molecular weight excluding hydrogens is 344 g/mol. The summed E-state index contributed by atoms with van der Waals surface area (Å²) in [4.78, 5) is 0.273. The lowest BCUT2D eigenvalue weighted by Crippen LogP contribution is -2.34. The molecule has 2 atom stereocenters. The van der Waals surface area contributed by atoms with Crippen LogP contribution in [0.5, 0.6) is 5.75 Å². The molecule has 0 aliphatic carbocycles. The molecule has 0 amide bonds. The second-order valence-electron chi connectivity index (χ2n) is 5.06. The molecule has 2 unspecified atom stereocenters. The molecule has 0 aromatic heterocycles. The van der Waals surface area contributed by atoms with Gasteiger partial charge in [-0.25, -0.2) is 8.42 Å². The summed E-state index contributed by atoms with van der Waals surface area (Å²) in [6.07, 6.45) is 0.813. The Morgan fingerprint density at radius 2 is 2.20 bits per heavy atom. The molecule has 0 radical (unpaired) electrons. The fourth-order valence-corrected chi connectivity index (χ4v) is 4.99. The number of benzene rings is 1. The molecule has 1 aromatic rings. The maximum atomic E-state index is 12.7. The summed E-state index contributed by atoms with van der Waals surface area (Å²) in [5, 5.41) is 0. The van der Waals surface area contributed by atoms with Crippen LogP contribution >= 0.6 is 15.9 Å². The number of rotatable bonds is 4. The monoisotopic (exact) mass is 362 g/mol. The zero-order valence-electron chi connectivity index (χ0n) is 11.5. The quantitative estimate of drug-likeness (QED) is 0.886. The molecule has 0 saturated carbocycles. The van der Waals surface area contributed by atoms with Crippen LogP contribution in [0.25, 0.3) is 0 Å². The minimum Gasteiger partial charge on any atom is -0.496 e. The first-order valence-corrected chi connectivity index (χ1v) is 8.69. The first-order valence-electron chi connectivity index (χ1n) is 6.45. The van der Waals surface area contributed by atoms with Crippen LogP contribution in [0.15, 0.2) is 27.6 Å². The number of hydrogen-bond donors (Lipinski definition) is 1. The highest BCUT2D eigenvalue weighted by Gasteiger charge is 2.37. The molecule has 7 heteroatoms. The predicted octanol–water partition coefficient (Wildman–Crippen LogP) is 1.82. The van der Waals surface area contributed by atoms with Gasteiger partial charge in [-0.1, -0.05) is 0 Å². The van der Waals surface area contributed by atoms with Gasteiger partial charge in [-0.2, -0.15) is 4.31 Å². The van der Waals surface area contributed by atoms with Crippen LogP contribution in [0.1, 0.15) is 13.3 Å². The Kier molecular flexibility index (Phi) is 4.73. The van der Waals surface area contributed by atoms with Gasteiger partial charge in [-0.3, -0.25) is 0 Å². The highest BCUT2D eigenvalue weighted by Crippen LogP contribution is 2.32. The van der Waals surface area contributed by atoms with E-state index in [-0.39, 0.29) is 16.9 Å². The molecule has 1 heterocycles. The standard InChI is InChI=1S/C13H19BrN2O3S/c1-9-5-10(7-15)8-16(9)20(17,18)11-3-4-13(19-2)12(14)6-11/h3-4,6,9-10H,5,7-8,15H2,1-2H3. The zero-order valence-corrected chi connectivity index (χ0v) is 13.9. The summed E-state index contributed by atoms with van der Waals surface area (Å²) in [5.41, 5.74) is 5.66. The molecule has 5 nitrogen and oxygen atoms in total. The van der Waals surface area contributed by atoms with Crippen LogP contribution in [-0.4, -0.2) is 39.0 Å². The fourth-order valence-electron chi connectivity index (χ4n) is 2.56. The summed E-state index contributed by atoms with van der Waals surface area (Å²) in [6, 6.07) is 4.78.